The van der Waals surface area contributed by atoms with E-state index in [1.165, 1.54) is 22.3 Å². The van der Waals surface area contributed by atoms with Crippen LogP contribution >= 0.6 is 0 Å². The molecule has 0 amide bonds. The number of β-amino-alcohol motifs (C(OH)–C–C–N with tert-alkyl or cyclic N) is 1. The zero-order valence-corrected chi connectivity index (χ0v) is 19.4. The maximum atomic E-state index is 10.5. The Morgan fingerprint density at radius 3 is 2.38 bits per heavy atom. The number of likely N-dealkylation sites (tertiary alicyclic amines) is 1. The summed E-state index contributed by atoms with van der Waals surface area (Å²) in [6, 6.07) is 12.3. The number of ether oxygens (including phenoxy) is 2. The maximum absolute atomic E-state index is 10.5. The van der Waals surface area contributed by atoms with Crippen molar-refractivity contribution >= 4 is 0 Å². The van der Waals surface area contributed by atoms with Gasteiger partial charge in [0.1, 0.15) is 36.1 Å². The standard InChI is InChI=1S/C26H33N3O3/c1-18-13-24(14-19(2)20(18)3)32-26-17-28(16-25(26)30)15-22-5-7-23(8-6-22)31-12-11-29-10-9-27-21(29)4/h5-10,13-14,25-26,30H,11-12,15-17H2,1-4H3/t25-,26-/m0/s1. The molecule has 0 bridgehead atoms. The number of aryl methyl sites for hydroxylation is 3. The van der Waals surface area contributed by atoms with Crippen molar-refractivity contribution in [2.24, 2.45) is 0 Å². The summed E-state index contributed by atoms with van der Waals surface area (Å²) in [5.74, 6) is 2.69. The Labute approximate surface area is 190 Å². The summed E-state index contributed by atoms with van der Waals surface area (Å²) in [6.45, 7) is 11.8. The number of benzene rings is 2. The van der Waals surface area contributed by atoms with Crippen molar-refractivity contribution in [1.82, 2.24) is 14.5 Å². The molecule has 1 N–H and O–H groups in total. The van der Waals surface area contributed by atoms with Crippen LogP contribution in [0, 0.1) is 27.7 Å². The first-order chi connectivity index (χ1) is 15.4. The van der Waals surface area contributed by atoms with Gasteiger partial charge in [-0.25, -0.2) is 4.98 Å². The number of nitrogens with zero attached hydrogens (tertiary/aromatic N) is 3. The molecule has 6 nitrogen and oxygen atoms in total. The van der Waals surface area contributed by atoms with E-state index in [1.807, 2.05) is 25.3 Å². The minimum atomic E-state index is -0.494. The number of hydrogen-bond acceptors (Lipinski definition) is 5. The fourth-order valence-corrected chi connectivity index (χ4v) is 4.17. The van der Waals surface area contributed by atoms with E-state index in [4.69, 9.17) is 9.47 Å². The molecule has 0 radical (unpaired) electrons. The van der Waals surface area contributed by atoms with Gasteiger partial charge in [-0.2, -0.15) is 0 Å². The molecule has 1 aliphatic heterocycles. The van der Waals surface area contributed by atoms with Crippen molar-refractivity contribution in [3.63, 3.8) is 0 Å². The van der Waals surface area contributed by atoms with Crippen LogP contribution in [-0.2, 0) is 13.1 Å². The van der Waals surface area contributed by atoms with Gasteiger partial charge in [0.15, 0.2) is 0 Å². The molecule has 2 aromatic carbocycles. The van der Waals surface area contributed by atoms with Crippen LogP contribution in [0.15, 0.2) is 48.8 Å². The fourth-order valence-electron chi connectivity index (χ4n) is 4.17. The van der Waals surface area contributed by atoms with E-state index in [0.29, 0.717) is 19.7 Å². The van der Waals surface area contributed by atoms with Gasteiger partial charge in [-0.15, -0.1) is 0 Å². The van der Waals surface area contributed by atoms with Crippen LogP contribution in [0.4, 0.5) is 0 Å². The first-order valence-corrected chi connectivity index (χ1v) is 11.2. The minimum Gasteiger partial charge on any atom is -0.492 e. The maximum Gasteiger partial charge on any atom is 0.138 e. The molecule has 0 aliphatic carbocycles. The fraction of sp³-hybridized carbons (Fsp3) is 0.423. The molecule has 2 heterocycles. The number of hydrogen-bond donors (Lipinski definition) is 1. The largest absolute Gasteiger partial charge is 0.492 e. The van der Waals surface area contributed by atoms with E-state index in [1.54, 1.807) is 6.20 Å². The molecule has 1 saturated heterocycles. The van der Waals surface area contributed by atoms with Crippen molar-refractivity contribution < 1.29 is 14.6 Å². The molecule has 170 valence electrons. The smallest absolute Gasteiger partial charge is 0.138 e. The van der Waals surface area contributed by atoms with Gasteiger partial charge in [-0.3, -0.25) is 4.90 Å². The molecule has 1 aliphatic rings. The van der Waals surface area contributed by atoms with E-state index in [0.717, 1.165) is 30.4 Å². The normalized spacial score (nSPS) is 18.8. The SMILES string of the molecule is Cc1cc(O[C@H]2CN(Cc3ccc(OCCn4ccnc4C)cc3)C[C@@H]2O)cc(C)c1C. The number of aliphatic hydroxyl groups excluding tert-OH is 1. The van der Waals surface area contributed by atoms with Crippen molar-refractivity contribution in [2.45, 2.75) is 53.0 Å². The van der Waals surface area contributed by atoms with E-state index in [-0.39, 0.29) is 6.10 Å². The lowest BCUT2D eigenvalue weighted by atomic mass is 10.0. The molecular weight excluding hydrogens is 402 g/mol. The third-order valence-electron chi connectivity index (χ3n) is 6.35. The third kappa shape index (κ3) is 5.31. The Morgan fingerprint density at radius 1 is 1.00 bits per heavy atom. The van der Waals surface area contributed by atoms with Gasteiger partial charge in [-0.05, 0) is 74.2 Å². The summed E-state index contributed by atoms with van der Waals surface area (Å²) < 4.78 is 14.1. The summed E-state index contributed by atoms with van der Waals surface area (Å²) in [5, 5.41) is 10.5. The zero-order chi connectivity index (χ0) is 22.7. The first-order valence-electron chi connectivity index (χ1n) is 11.2. The van der Waals surface area contributed by atoms with Crippen LogP contribution in [0.25, 0.3) is 0 Å². The predicted octanol–water partition coefficient (Wildman–Crippen LogP) is 3.82. The molecule has 32 heavy (non-hydrogen) atoms. The second-order valence-electron chi connectivity index (χ2n) is 8.76. The first kappa shape index (κ1) is 22.4. The Balaban J connectivity index is 1.27. The van der Waals surface area contributed by atoms with E-state index in [2.05, 4.69) is 59.5 Å². The van der Waals surface area contributed by atoms with Crippen LogP contribution < -0.4 is 9.47 Å². The molecule has 3 aromatic rings. The highest BCUT2D eigenvalue weighted by Crippen LogP contribution is 2.25. The Hall–Kier alpha value is -2.83. The van der Waals surface area contributed by atoms with Crippen molar-refractivity contribution in [2.75, 3.05) is 19.7 Å². The van der Waals surface area contributed by atoms with Crippen LogP contribution in [-0.4, -0.2) is 51.5 Å². The molecule has 0 unspecified atom stereocenters. The minimum absolute atomic E-state index is 0.217. The van der Waals surface area contributed by atoms with Crippen molar-refractivity contribution in [3.8, 4) is 11.5 Å². The molecule has 0 saturated carbocycles. The molecule has 0 spiro atoms. The average molecular weight is 436 g/mol. The highest BCUT2D eigenvalue weighted by Gasteiger charge is 2.33. The van der Waals surface area contributed by atoms with Crippen LogP contribution in [0.3, 0.4) is 0 Å². The zero-order valence-electron chi connectivity index (χ0n) is 19.4. The van der Waals surface area contributed by atoms with Gasteiger partial charge in [0.25, 0.3) is 0 Å². The average Bonchev–Trinajstić information content (AvgIpc) is 3.32. The summed E-state index contributed by atoms with van der Waals surface area (Å²) >= 11 is 0. The van der Waals surface area contributed by atoms with Gasteiger partial charge in [0.2, 0.25) is 0 Å². The Kier molecular flexibility index (Phi) is 6.82. The summed E-state index contributed by atoms with van der Waals surface area (Å²) in [5.41, 5.74) is 4.91. The predicted molar refractivity (Wildman–Crippen MR) is 125 cm³/mol. The van der Waals surface area contributed by atoms with E-state index >= 15 is 0 Å². The second kappa shape index (κ2) is 9.76. The summed E-state index contributed by atoms with van der Waals surface area (Å²) in [7, 11) is 0. The monoisotopic (exact) mass is 435 g/mol. The van der Waals surface area contributed by atoms with Gasteiger partial charge in [0.05, 0.1) is 6.54 Å². The van der Waals surface area contributed by atoms with Crippen LogP contribution in [0.5, 0.6) is 11.5 Å². The van der Waals surface area contributed by atoms with Gasteiger partial charge < -0.3 is 19.1 Å². The lowest BCUT2D eigenvalue weighted by Crippen LogP contribution is -2.30. The van der Waals surface area contributed by atoms with Gasteiger partial charge in [-0.1, -0.05) is 12.1 Å². The number of aliphatic hydroxyl groups is 1. The molecule has 2 atom stereocenters. The lowest BCUT2D eigenvalue weighted by Gasteiger charge is -2.19. The molecule has 6 heteroatoms. The number of rotatable bonds is 8. The van der Waals surface area contributed by atoms with Crippen LogP contribution in [0.1, 0.15) is 28.1 Å². The Bertz CT molecular complexity index is 1020. The topological polar surface area (TPSA) is 59.8 Å². The molecule has 1 fully saturated rings. The van der Waals surface area contributed by atoms with E-state index < -0.39 is 6.10 Å². The molecular formula is C26H33N3O3. The van der Waals surface area contributed by atoms with Crippen molar-refractivity contribution in [3.05, 3.63) is 76.9 Å². The number of aromatic nitrogens is 2. The van der Waals surface area contributed by atoms with Gasteiger partial charge >= 0.3 is 0 Å². The third-order valence-corrected chi connectivity index (χ3v) is 6.35. The highest BCUT2D eigenvalue weighted by molar-refractivity contribution is 5.40. The quantitative estimate of drug-likeness (QED) is 0.583. The summed E-state index contributed by atoms with van der Waals surface area (Å²) in [4.78, 5) is 6.46. The number of imidazole rings is 1. The van der Waals surface area contributed by atoms with Crippen molar-refractivity contribution in [1.29, 1.82) is 0 Å². The molecule has 4 rings (SSSR count). The summed E-state index contributed by atoms with van der Waals surface area (Å²) in [6.07, 6.45) is 3.05. The van der Waals surface area contributed by atoms with Gasteiger partial charge in [0, 0.05) is 32.0 Å². The van der Waals surface area contributed by atoms with Crippen LogP contribution in [0.2, 0.25) is 0 Å². The lowest BCUT2D eigenvalue weighted by molar-refractivity contribution is 0.0736. The Morgan fingerprint density at radius 2 is 1.72 bits per heavy atom. The highest BCUT2D eigenvalue weighted by atomic mass is 16.5. The van der Waals surface area contributed by atoms with E-state index in [9.17, 15) is 5.11 Å². The molecule has 1 aromatic heterocycles. The second-order valence-corrected chi connectivity index (χ2v) is 8.76.